The zero-order valence-corrected chi connectivity index (χ0v) is 18.0. The molecule has 0 saturated carbocycles. The van der Waals surface area contributed by atoms with Crippen molar-refractivity contribution in [1.82, 2.24) is 24.5 Å². The average molecular weight is 403 g/mol. The smallest absolute Gasteiger partial charge is 0.256 e. The van der Waals surface area contributed by atoms with Gasteiger partial charge in [0, 0.05) is 23.1 Å². The van der Waals surface area contributed by atoms with Crippen LogP contribution in [0.5, 0.6) is 0 Å². The molecule has 3 aromatic heterocycles. The third-order valence-corrected chi connectivity index (χ3v) is 5.05. The van der Waals surface area contributed by atoms with Crippen molar-refractivity contribution in [3.05, 3.63) is 70.8 Å². The summed E-state index contributed by atoms with van der Waals surface area (Å²) in [7, 11) is 0. The van der Waals surface area contributed by atoms with Crippen molar-refractivity contribution in [1.29, 1.82) is 0 Å². The Labute approximate surface area is 175 Å². The first-order valence-corrected chi connectivity index (χ1v) is 10.1. The molecule has 0 unspecified atom stereocenters. The van der Waals surface area contributed by atoms with Gasteiger partial charge in [-0.25, -0.2) is 9.67 Å². The topological polar surface area (TPSA) is 77.6 Å². The van der Waals surface area contributed by atoms with Crippen LogP contribution in [0.1, 0.15) is 52.9 Å². The molecule has 4 aromatic rings. The molecular weight excluding hydrogens is 376 g/mol. The highest BCUT2D eigenvalue weighted by Crippen LogP contribution is 2.22. The fraction of sp³-hybridized carbons (Fsp3) is 0.304. The van der Waals surface area contributed by atoms with Crippen LogP contribution in [0.4, 0.5) is 5.69 Å². The summed E-state index contributed by atoms with van der Waals surface area (Å²) in [5.41, 5.74) is 6.02. The Hall–Kier alpha value is -3.48. The normalized spacial score (nSPS) is 11.4. The van der Waals surface area contributed by atoms with Crippen LogP contribution in [0.3, 0.4) is 0 Å². The number of nitrogens with one attached hydrogen (secondary N) is 1. The van der Waals surface area contributed by atoms with E-state index in [1.54, 1.807) is 6.20 Å². The SMILES string of the molecule is Cc1cc(C(=O)Nc2cccc(Cn3nc(C)cc3C)c2)c2cnn(C(C)C)c2n1. The highest BCUT2D eigenvalue weighted by molar-refractivity contribution is 6.12. The lowest BCUT2D eigenvalue weighted by Gasteiger charge is -2.11. The maximum atomic E-state index is 13.1. The Kier molecular flexibility index (Phi) is 5.11. The fourth-order valence-corrected chi connectivity index (χ4v) is 3.66. The molecule has 30 heavy (non-hydrogen) atoms. The minimum atomic E-state index is -0.169. The highest BCUT2D eigenvalue weighted by atomic mass is 16.1. The van der Waals surface area contributed by atoms with Gasteiger partial charge in [0.2, 0.25) is 0 Å². The lowest BCUT2D eigenvalue weighted by atomic mass is 10.1. The summed E-state index contributed by atoms with van der Waals surface area (Å²) in [5.74, 6) is -0.169. The lowest BCUT2D eigenvalue weighted by Crippen LogP contribution is -2.14. The van der Waals surface area contributed by atoms with Crippen molar-refractivity contribution >= 4 is 22.6 Å². The molecule has 1 N–H and O–H groups in total. The maximum absolute atomic E-state index is 13.1. The number of aromatic nitrogens is 5. The molecule has 0 aliphatic rings. The van der Waals surface area contributed by atoms with Gasteiger partial charge >= 0.3 is 0 Å². The van der Waals surface area contributed by atoms with E-state index in [4.69, 9.17) is 0 Å². The molecule has 0 fully saturated rings. The van der Waals surface area contributed by atoms with Crippen LogP contribution in [0, 0.1) is 20.8 Å². The maximum Gasteiger partial charge on any atom is 0.256 e. The molecule has 0 atom stereocenters. The van der Waals surface area contributed by atoms with Crippen molar-refractivity contribution in [2.24, 2.45) is 0 Å². The van der Waals surface area contributed by atoms with Crippen LogP contribution < -0.4 is 5.32 Å². The third kappa shape index (κ3) is 3.83. The lowest BCUT2D eigenvalue weighted by molar-refractivity contribution is 0.102. The monoisotopic (exact) mass is 402 g/mol. The number of nitrogens with zero attached hydrogens (tertiary/aromatic N) is 5. The van der Waals surface area contributed by atoms with Crippen LogP contribution in [-0.2, 0) is 6.54 Å². The van der Waals surface area contributed by atoms with Crippen LogP contribution in [0.15, 0.2) is 42.6 Å². The van der Waals surface area contributed by atoms with Gasteiger partial charge in [0.15, 0.2) is 5.65 Å². The molecule has 3 heterocycles. The number of benzene rings is 1. The number of hydrogen-bond acceptors (Lipinski definition) is 4. The first-order chi connectivity index (χ1) is 14.3. The van der Waals surface area contributed by atoms with Crippen LogP contribution in [0.2, 0.25) is 0 Å². The summed E-state index contributed by atoms with van der Waals surface area (Å²) in [6.07, 6.45) is 1.72. The number of carbonyl (C=O) groups excluding carboxylic acids is 1. The van der Waals surface area contributed by atoms with Gasteiger partial charge in [0.1, 0.15) is 0 Å². The summed E-state index contributed by atoms with van der Waals surface area (Å²) in [5, 5.41) is 12.7. The molecule has 154 valence electrons. The molecule has 0 radical (unpaired) electrons. The highest BCUT2D eigenvalue weighted by Gasteiger charge is 2.17. The van der Waals surface area contributed by atoms with Crippen molar-refractivity contribution in [2.45, 2.75) is 47.2 Å². The first kappa shape index (κ1) is 19.8. The molecule has 7 nitrogen and oxygen atoms in total. The molecule has 1 amide bonds. The van der Waals surface area contributed by atoms with Crippen LogP contribution in [-0.4, -0.2) is 30.5 Å². The largest absolute Gasteiger partial charge is 0.322 e. The number of pyridine rings is 1. The van der Waals surface area contributed by atoms with Crippen molar-refractivity contribution < 1.29 is 4.79 Å². The van der Waals surface area contributed by atoms with E-state index in [2.05, 4.69) is 26.6 Å². The van der Waals surface area contributed by atoms with Gasteiger partial charge in [0.25, 0.3) is 5.91 Å². The second-order valence-electron chi connectivity index (χ2n) is 7.97. The zero-order valence-electron chi connectivity index (χ0n) is 18.0. The van der Waals surface area contributed by atoms with E-state index in [1.165, 1.54) is 0 Å². The number of fused-ring (bicyclic) bond motifs is 1. The minimum absolute atomic E-state index is 0.166. The zero-order chi connectivity index (χ0) is 21.4. The van der Waals surface area contributed by atoms with E-state index in [-0.39, 0.29) is 11.9 Å². The standard InChI is InChI=1S/C23H26N6O/c1-14(2)29-22-21(12-24-29)20(10-15(3)25-22)23(30)26-19-8-6-7-18(11-19)13-28-17(5)9-16(4)27-28/h6-12,14H,13H2,1-5H3,(H,26,30). The Morgan fingerprint density at radius 2 is 1.90 bits per heavy atom. The van der Waals surface area contributed by atoms with E-state index in [9.17, 15) is 4.79 Å². The fourth-order valence-electron chi connectivity index (χ4n) is 3.66. The van der Waals surface area contributed by atoms with Gasteiger partial charge in [0.05, 0.1) is 29.4 Å². The minimum Gasteiger partial charge on any atom is -0.322 e. The molecule has 0 aliphatic carbocycles. The number of amides is 1. The summed E-state index contributed by atoms with van der Waals surface area (Å²) in [4.78, 5) is 17.7. The second kappa shape index (κ2) is 7.74. The number of anilines is 1. The average Bonchev–Trinajstić information content (AvgIpc) is 3.24. The van der Waals surface area contributed by atoms with Gasteiger partial charge in [-0.15, -0.1) is 0 Å². The van der Waals surface area contributed by atoms with Gasteiger partial charge in [-0.2, -0.15) is 10.2 Å². The van der Waals surface area contributed by atoms with E-state index >= 15 is 0 Å². The van der Waals surface area contributed by atoms with E-state index in [0.717, 1.165) is 39.4 Å². The van der Waals surface area contributed by atoms with Gasteiger partial charge in [-0.1, -0.05) is 12.1 Å². The van der Waals surface area contributed by atoms with Gasteiger partial charge < -0.3 is 5.32 Å². The van der Waals surface area contributed by atoms with Crippen molar-refractivity contribution in [2.75, 3.05) is 5.32 Å². The molecular formula is C23H26N6O. The predicted molar refractivity (Wildman–Crippen MR) is 118 cm³/mol. The molecule has 0 bridgehead atoms. The van der Waals surface area contributed by atoms with Crippen LogP contribution >= 0.6 is 0 Å². The second-order valence-corrected chi connectivity index (χ2v) is 7.97. The van der Waals surface area contributed by atoms with Crippen molar-refractivity contribution in [3.8, 4) is 0 Å². The molecule has 4 rings (SSSR count). The number of carbonyl (C=O) groups is 1. The summed E-state index contributed by atoms with van der Waals surface area (Å²) in [6.45, 7) is 10.7. The molecule has 7 heteroatoms. The molecule has 1 aromatic carbocycles. The van der Waals surface area contributed by atoms with E-state index in [0.29, 0.717) is 12.1 Å². The Morgan fingerprint density at radius 1 is 1.10 bits per heavy atom. The Morgan fingerprint density at radius 3 is 2.60 bits per heavy atom. The number of rotatable bonds is 5. The number of aryl methyl sites for hydroxylation is 3. The molecule has 0 spiro atoms. The van der Waals surface area contributed by atoms with E-state index < -0.39 is 0 Å². The Balaban J connectivity index is 1.61. The molecule has 0 aliphatic heterocycles. The quantitative estimate of drug-likeness (QED) is 0.535. The van der Waals surface area contributed by atoms with Crippen molar-refractivity contribution in [3.63, 3.8) is 0 Å². The Bertz CT molecular complexity index is 1230. The summed E-state index contributed by atoms with van der Waals surface area (Å²) < 4.78 is 3.81. The predicted octanol–water partition coefficient (Wildman–Crippen LogP) is 4.43. The summed E-state index contributed by atoms with van der Waals surface area (Å²) in [6, 6.07) is 11.9. The molecule has 0 saturated heterocycles. The van der Waals surface area contributed by atoms with E-state index in [1.807, 2.05) is 74.3 Å². The summed E-state index contributed by atoms with van der Waals surface area (Å²) >= 11 is 0. The van der Waals surface area contributed by atoms with Crippen LogP contribution in [0.25, 0.3) is 11.0 Å². The number of hydrogen-bond donors (Lipinski definition) is 1. The first-order valence-electron chi connectivity index (χ1n) is 10.1. The van der Waals surface area contributed by atoms with Gasteiger partial charge in [-0.05, 0) is 64.4 Å². The third-order valence-electron chi connectivity index (χ3n) is 5.05. The van der Waals surface area contributed by atoms with Gasteiger partial charge in [-0.3, -0.25) is 9.48 Å².